The molecule has 2 aromatic rings. The highest BCUT2D eigenvalue weighted by molar-refractivity contribution is 7.89. The van der Waals surface area contributed by atoms with E-state index in [0.29, 0.717) is 11.4 Å². The zero-order valence-electron chi connectivity index (χ0n) is 16.8. The lowest BCUT2D eigenvalue weighted by Crippen LogP contribution is -2.41. The molecule has 2 atom stereocenters. The molecule has 0 aromatic heterocycles. The number of benzene rings is 2. The van der Waals surface area contributed by atoms with Gasteiger partial charge in [-0.15, -0.1) is 0 Å². The van der Waals surface area contributed by atoms with Gasteiger partial charge in [-0.3, -0.25) is 9.00 Å². The fourth-order valence-corrected chi connectivity index (χ4v) is 4.19. The molecule has 0 fully saturated rings. The summed E-state index contributed by atoms with van der Waals surface area (Å²) in [7, 11) is -1.41. The van der Waals surface area contributed by atoms with Crippen molar-refractivity contribution in [3.8, 4) is 0 Å². The second kappa shape index (κ2) is 10.4. The number of anilines is 1. The van der Waals surface area contributed by atoms with Gasteiger partial charge in [0.1, 0.15) is 6.04 Å². The summed E-state index contributed by atoms with van der Waals surface area (Å²) in [6.45, 7) is 0. The molecule has 2 aromatic carbocycles. The van der Waals surface area contributed by atoms with Gasteiger partial charge in [-0.05, 0) is 55.0 Å². The van der Waals surface area contributed by atoms with E-state index < -0.39 is 32.8 Å². The smallest absolute Gasteiger partial charge is 0.321 e. The molecule has 0 heterocycles. The van der Waals surface area contributed by atoms with Crippen molar-refractivity contribution in [1.29, 1.82) is 0 Å². The minimum atomic E-state index is -4.06. The topological polar surface area (TPSA) is 128 Å². The van der Waals surface area contributed by atoms with E-state index in [1.54, 1.807) is 0 Å². The van der Waals surface area contributed by atoms with E-state index in [4.69, 9.17) is 0 Å². The van der Waals surface area contributed by atoms with Crippen LogP contribution in [0.3, 0.4) is 0 Å². The Morgan fingerprint density at radius 1 is 1.07 bits per heavy atom. The summed E-state index contributed by atoms with van der Waals surface area (Å²) in [6.07, 6.45) is 1.36. The summed E-state index contributed by atoms with van der Waals surface area (Å²) in [5.41, 5.74) is 2.12. The van der Waals surface area contributed by atoms with E-state index in [1.807, 2.05) is 43.3 Å². The van der Waals surface area contributed by atoms with Crippen LogP contribution < -0.4 is 9.62 Å². The summed E-state index contributed by atoms with van der Waals surface area (Å²) in [5.74, 6) is -1.25. The zero-order valence-corrected chi connectivity index (χ0v) is 18.5. The van der Waals surface area contributed by atoms with Crippen molar-refractivity contribution in [2.45, 2.75) is 17.4 Å². The first-order valence-electron chi connectivity index (χ1n) is 8.93. The molecule has 0 aliphatic heterocycles. The summed E-state index contributed by atoms with van der Waals surface area (Å²) >= 11 is 0. The predicted octanol–water partition coefficient (Wildman–Crippen LogP) is 2.67. The Balaban J connectivity index is 2.09. The van der Waals surface area contributed by atoms with Gasteiger partial charge >= 0.3 is 5.97 Å². The molecule has 0 spiro atoms. The van der Waals surface area contributed by atoms with Crippen molar-refractivity contribution in [1.82, 2.24) is 4.72 Å². The molecule has 11 heteroatoms. The molecule has 30 heavy (non-hydrogen) atoms. The summed E-state index contributed by atoms with van der Waals surface area (Å²) in [5, 5.41) is 17.4. The summed E-state index contributed by atoms with van der Waals surface area (Å²) in [4.78, 5) is 13.2. The van der Waals surface area contributed by atoms with Gasteiger partial charge in [-0.1, -0.05) is 0 Å². The standard InChI is InChI=1S/C19H24N4O5S2/c1-23(2)16-8-4-14(5-9-16)20-21-15-6-10-17(11-7-15)30(27,28)22-18(19(24)25)12-13-29(3)26/h4-11,18,22H,12-13H2,1-3H3,(H,24,25)/t18-,29+/m0/s1. The number of nitrogens with one attached hydrogen (secondary N) is 1. The Bertz CT molecular complexity index is 1020. The Labute approximate surface area is 178 Å². The number of azo groups is 1. The van der Waals surface area contributed by atoms with Crippen LogP contribution in [0.15, 0.2) is 63.7 Å². The van der Waals surface area contributed by atoms with E-state index in [1.165, 1.54) is 30.5 Å². The Morgan fingerprint density at radius 3 is 2.00 bits per heavy atom. The molecule has 2 rings (SSSR count). The molecule has 0 unspecified atom stereocenters. The second-order valence-corrected chi connectivity index (χ2v) is 9.95. The third kappa shape index (κ3) is 7.01. The average molecular weight is 453 g/mol. The number of carbonyl (C=O) groups is 1. The number of hydrogen-bond donors (Lipinski definition) is 2. The van der Waals surface area contributed by atoms with Crippen LogP contribution in [0, 0.1) is 0 Å². The van der Waals surface area contributed by atoms with Crippen molar-refractivity contribution >= 4 is 43.9 Å². The van der Waals surface area contributed by atoms with E-state index in [9.17, 15) is 22.5 Å². The third-order valence-electron chi connectivity index (χ3n) is 4.08. The number of hydrogen-bond acceptors (Lipinski definition) is 7. The van der Waals surface area contributed by atoms with Crippen LogP contribution in [-0.4, -0.2) is 55.8 Å². The van der Waals surface area contributed by atoms with Gasteiger partial charge < -0.3 is 10.0 Å². The number of aliphatic carboxylic acids is 1. The van der Waals surface area contributed by atoms with Gasteiger partial charge in [0, 0.05) is 42.6 Å². The molecule has 0 saturated heterocycles. The van der Waals surface area contributed by atoms with E-state index in [-0.39, 0.29) is 17.1 Å². The molecular formula is C19H24N4O5S2. The van der Waals surface area contributed by atoms with Gasteiger partial charge in [-0.25, -0.2) is 8.42 Å². The van der Waals surface area contributed by atoms with Gasteiger partial charge in [0.15, 0.2) is 0 Å². The highest BCUT2D eigenvalue weighted by Gasteiger charge is 2.25. The number of nitrogens with zero attached hydrogens (tertiary/aromatic N) is 3. The maximum absolute atomic E-state index is 12.5. The molecule has 162 valence electrons. The first kappa shape index (κ1) is 23.6. The zero-order chi connectivity index (χ0) is 22.3. The maximum Gasteiger partial charge on any atom is 0.321 e. The Morgan fingerprint density at radius 2 is 1.57 bits per heavy atom. The lowest BCUT2D eigenvalue weighted by molar-refractivity contribution is -0.139. The van der Waals surface area contributed by atoms with Crippen LogP contribution in [0.2, 0.25) is 0 Å². The first-order chi connectivity index (χ1) is 14.1. The van der Waals surface area contributed by atoms with Crippen LogP contribution in [0.4, 0.5) is 17.1 Å². The number of rotatable bonds is 10. The SMILES string of the molecule is CN(C)c1ccc(N=Nc2ccc(S(=O)(=O)N[C@@H](CC[S@@](C)=O)C(=O)O)cc2)cc1. The largest absolute Gasteiger partial charge is 0.480 e. The van der Waals surface area contributed by atoms with Crippen LogP contribution in [0.5, 0.6) is 0 Å². The molecule has 0 radical (unpaired) electrons. The van der Waals surface area contributed by atoms with Crippen LogP contribution in [0.25, 0.3) is 0 Å². The second-order valence-electron chi connectivity index (χ2n) is 6.68. The van der Waals surface area contributed by atoms with Crippen LogP contribution in [0.1, 0.15) is 6.42 Å². The van der Waals surface area contributed by atoms with E-state index in [0.717, 1.165) is 5.69 Å². The highest BCUT2D eigenvalue weighted by atomic mass is 32.2. The number of carboxylic acids is 1. The molecule has 0 aliphatic rings. The van der Waals surface area contributed by atoms with Crippen LogP contribution in [-0.2, 0) is 25.6 Å². The molecule has 0 amide bonds. The van der Waals surface area contributed by atoms with Crippen LogP contribution >= 0.6 is 0 Å². The van der Waals surface area contributed by atoms with Crippen molar-refractivity contribution in [3.63, 3.8) is 0 Å². The number of sulfonamides is 1. The molecule has 0 aliphatic carbocycles. The van der Waals surface area contributed by atoms with E-state index in [2.05, 4.69) is 15.0 Å². The molecule has 0 saturated carbocycles. The molecule has 2 N–H and O–H groups in total. The maximum atomic E-state index is 12.5. The minimum absolute atomic E-state index is 0.0728. The van der Waals surface area contributed by atoms with Crippen molar-refractivity contribution in [2.24, 2.45) is 10.2 Å². The fraction of sp³-hybridized carbons (Fsp3) is 0.316. The molecule has 0 bridgehead atoms. The monoisotopic (exact) mass is 452 g/mol. The van der Waals surface area contributed by atoms with Gasteiger partial charge in [-0.2, -0.15) is 15.0 Å². The Hall–Kier alpha value is -2.63. The molecule has 9 nitrogen and oxygen atoms in total. The van der Waals surface area contributed by atoms with Crippen molar-refractivity contribution < 1.29 is 22.5 Å². The van der Waals surface area contributed by atoms with E-state index >= 15 is 0 Å². The van der Waals surface area contributed by atoms with Gasteiger partial charge in [0.05, 0.1) is 16.3 Å². The van der Waals surface area contributed by atoms with Gasteiger partial charge in [0.2, 0.25) is 10.0 Å². The highest BCUT2D eigenvalue weighted by Crippen LogP contribution is 2.22. The normalized spacial score (nSPS) is 13.8. The predicted molar refractivity (Wildman–Crippen MR) is 117 cm³/mol. The van der Waals surface area contributed by atoms with Gasteiger partial charge in [0.25, 0.3) is 0 Å². The fourth-order valence-electron chi connectivity index (χ4n) is 2.40. The third-order valence-corrected chi connectivity index (χ3v) is 6.38. The van der Waals surface area contributed by atoms with Crippen molar-refractivity contribution in [3.05, 3.63) is 48.5 Å². The first-order valence-corrected chi connectivity index (χ1v) is 12.1. The lowest BCUT2D eigenvalue weighted by atomic mass is 10.2. The summed E-state index contributed by atoms with van der Waals surface area (Å²) < 4.78 is 38.2. The molecular weight excluding hydrogens is 428 g/mol. The quantitative estimate of drug-likeness (QED) is 0.533. The number of carboxylic acid groups (broad SMARTS) is 1. The summed E-state index contributed by atoms with van der Waals surface area (Å²) in [6, 6.07) is 11.7. The Kier molecular flexibility index (Phi) is 8.21. The average Bonchev–Trinajstić information content (AvgIpc) is 2.69. The minimum Gasteiger partial charge on any atom is -0.480 e. The van der Waals surface area contributed by atoms with Crippen molar-refractivity contribution in [2.75, 3.05) is 31.0 Å². The lowest BCUT2D eigenvalue weighted by Gasteiger charge is -2.14.